The molecular weight excluding hydrogens is 194 g/mol. The van der Waals surface area contributed by atoms with Gasteiger partial charge < -0.3 is 5.32 Å². The lowest BCUT2D eigenvalue weighted by molar-refractivity contribution is -0.0191. The number of rotatable bonds is 3. The Morgan fingerprint density at radius 1 is 1.06 bits per heavy atom. The Balaban J connectivity index is 1.62. The lowest BCUT2D eigenvalue weighted by Gasteiger charge is -2.57. The molecule has 0 aliphatic heterocycles. The Hall–Kier alpha value is -0.480. The first-order chi connectivity index (χ1) is 7.80. The van der Waals surface area contributed by atoms with Crippen LogP contribution in [0, 0.1) is 29.6 Å². The molecule has 0 amide bonds. The molecule has 1 heteroatoms. The molecule has 0 atom stereocenters. The SMILES string of the molecule is CC#CCCNC12CC3CC(CC(C3)C1)C2. The van der Waals surface area contributed by atoms with Crippen LogP contribution in [0.3, 0.4) is 0 Å². The van der Waals surface area contributed by atoms with E-state index in [4.69, 9.17) is 0 Å². The van der Waals surface area contributed by atoms with Crippen LogP contribution in [-0.2, 0) is 0 Å². The van der Waals surface area contributed by atoms with Crippen molar-refractivity contribution in [1.82, 2.24) is 5.32 Å². The Morgan fingerprint density at radius 3 is 2.12 bits per heavy atom. The highest BCUT2D eigenvalue weighted by Gasteiger charge is 2.50. The second-order valence-corrected chi connectivity index (χ2v) is 6.30. The van der Waals surface area contributed by atoms with Crippen LogP contribution in [0.15, 0.2) is 0 Å². The number of hydrogen-bond acceptors (Lipinski definition) is 1. The van der Waals surface area contributed by atoms with Crippen LogP contribution in [0.4, 0.5) is 0 Å². The summed E-state index contributed by atoms with van der Waals surface area (Å²) < 4.78 is 0. The van der Waals surface area contributed by atoms with Crippen LogP contribution >= 0.6 is 0 Å². The van der Waals surface area contributed by atoms with E-state index in [1.807, 2.05) is 6.92 Å². The molecule has 0 spiro atoms. The van der Waals surface area contributed by atoms with Gasteiger partial charge >= 0.3 is 0 Å². The third-order valence-corrected chi connectivity index (χ3v) is 4.97. The predicted molar refractivity (Wildman–Crippen MR) is 67.0 cm³/mol. The van der Waals surface area contributed by atoms with Gasteiger partial charge in [0.05, 0.1) is 0 Å². The molecule has 0 radical (unpaired) electrons. The Bertz CT molecular complexity index is 285. The van der Waals surface area contributed by atoms with E-state index < -0.39 is 0 Å². The molecule has 16 heavy (non-hydrogen) atoms. The van der Waals surface area contributed by atoms with E-state index in [2.05, 4.69) is 17.2 Å². The van der Waals surface area contributed by atoms with Gasteiger partial charge in [-0.25, -0.2) is 0 Å². The molecule has 4 bridgehead atoms. The van der Waals surface area contributed by atoms with Crippen LogP contribution in [0.1, 0.15) is 51.9 Å². The van der Waals surface area contributed by atoms with E-state index >= 15 is 0 Å². The number of nitrogens with one attached hydrogen (secondary N) is 1. The molecule has 4 aliphatic rings. The van der Waals surface area contributed by atoms with Gasteiger partial charge in [0.1, 0.15) is 0 Å². The topological polar surface area (TPSA) is 12.0 Å². The van der Waals surface area contributed by atoms with Crippen LogP contribution in [0.25, 0.3) is 0 Å². The Kier molecular flexibility index (Phi) is 2.72. The van der Waals surface area contributed by atoms with Crippen molar-refractivity contribution in [2.24, 2.45) is 17.8 Å². The maximum Gasteiger partial charge on any atom is 0.0214 e. The van der Waals surface area contributed by atoms with Crippen LogP contribution in [0.2, 0.25) is 0 Å². The average molecular weight is 217 g/mol. The predicted octanol–water partition coefficient (Wildman–Crippen LogP) is 2.96. The summed E-state index contributed by atoms with van der Waals surface area (Å²) in [5.74, 6) is 9.31. The van der Waals surface area contributed by atoms with Gasteiger partial charge in [-0.2, -0.15) is 0 Å². The summed E-state index contributed by atoms with van der Waals surface area (Å²) in [5.41, 5.74) is 0.532. The van der Waals surface area contributed by atoms with Crippen molar-refractivity contribution < 1.29 is 0 Å². The van der Waals surface area contributed by atoms with Crippen molar-refractivity contribution in [3.63, 3.8) is 0 Å². The smallest absolute Gasteiger partial charge is 0.0214 e. The standard InChI is InChI=1S/C15H23N/c1-2-3-4-5-16-15-9-12-6-13(10-15)8-14(7-12)11-15/h12-14,16H,4-11H2,1H3. The molecule has 0 unspecified atom stereocenters. The fourth-order valence-electron chi connectivity index (χ4n) is 4.84. The lowest BCUT2D eigenvalue weighted by Crippen LogP contribution is -2.58. The van der Waals surface area contributed by atoms with Gasteiger partial charge in [-0.3, -0.25) is 0 Å². The van der Waals surface area contributed by atoms with E-state index in [9.17, 15) is 0 Å². The summed E-state index contributed by atoms with van der Waals surface area (Å²) in [7, 11) is 0. The third kappa shape index (κ3) is 1.89. The molecule has 0 aromatic carbocycles. The molecule has 0 aromatic rings. The quantitative estimate of drug-likeness (QED) is 0.566. The van der Waals surface area contributed by atoms with Gasteiger partial charge in [0, 0.05) is 18.5 Å². The fraction of sp³-hybridized carbons (Fsp3) is 0.867. The largest absolute Gasteiger partial charge is 0.310 e. The van der Waals surface area contributed by atoms with Crippen molar-refractivity contribution in [3.05, 3.63) is 0 Å². The minimum Gasteiger partial charge on any atom is -0.310 e. The van der Waals surface area contributed by atoms with Crippen molar-refractivity contribution in [3.8, 4) is 11.8 Å². The summed E-state index contributed by atoms with van der Waals surface area (Å²) in [4.78, 5) is 0. The van der Waals surface area contributed by atoms with Crippen LogP contribution in [-0.4, -0.2) is 12.1 Å². The zero-order chi connectivity index (χ0) is 11.0. The summed E-state index contributed by atoms with van der Waals surface area (Å²) in [6, 6.07) is 0. The maximum absolute atomic E-state index is 3.86. The monoisotopic (exact) mass is 217 g/mol. The lowest BCUT2D eigenvalue weighted by atomic mass is 9.53. The van der Waals surface area contributed by atoms with E-state index in [1.165, 1.54) is 38.5 Å². The first kappa shape index (κ1) is 10.7. The summed E-state index contributed by atoms with van der Waals surface area (Å²) in [6.07, 6.45) is 10.0. The van der Waals surface area contributed by atoms with Crippen LogP contribution < -0.4 is 5.32 Å². The van der Waals surface area contributed by atoms with Gasteiger partial charge in [0.2, 0.25) is 0 Å². The van der Waals surface area contributed by atoms with E-state index in [1.54, 1.807) is 0 Å². The highest BCUT2D eigenvalue weighted by molar-refractivity contribution is 5.07. The van der Waals surface area contributed by atoms with Gasteiger partial charge in [-0.15, -0.1) is 11.8 Å². The molecule has 0 heterocycles. The molecule has 4 rings (SSSR count). The average Bonchev–Trinajstić information content (AvgIpc) is 2.22. The zero-order valence-electron chi connectivity index (χ0n) is 10.4. The van der Waals surface area contributed by atoms with E-state index in [0.29, 0.717) is 5.54 Å². The molecule has 0 saturated heterocycles. The highest BCUT2D eigenvalue weighted by atomic mass is 15.0. The highest BCUT2D eigenvalue weighted by Crippen LogP contribution is 2.55. The summed E-state index contributed by atoms with van der Waals surface area (Å²) in [5, 5.41) is 3.86. The maximum atomic E-state index is 3.86. The normalized spacial score (nSPS) is 44.2. The minimum absolute atomic E-state index is 0.532. The minimum atomic E-state index is 0.532. The van der Waals surface area contributed by atoms with E-state index in [-0.39, 0.29) is 0 Å². The van der Waals surface area contributed by atoms with Crippen LogP contribution in [0.5, 0.6) is 0 Å². The molecular formula is C15H23N. The van der Waals surface area contributed by atoms with Crippen molar-refractivity contribution >= 4 is 0 Å². The van der Waals surface area contributed by atoms with Crippen molar-refractivity contribution in [1.29, 1.82) is 0 Å². The molecule has 4 saturated carbocycles. The molecule has 4 aliphatic carbocycles. The van der Waals surface area contributed by atoms with Crippen molar-refractivity contribution in [2.75, 3.05) is 6.54 Å². The first-order valence-electron chi connectivity index (χ1n) is 6.94. The number of hydrogen-bond donors (Lipinski definition) is 1. The third-order valence-electron chi connectivity index (χ3n) is 4.97. The molecule has 88 valence electrons. The van der Waals surface area contributed by atoms with Gasteiger partial charge in [-0.1, -0.05) is 0 Å². The molecule has 1 N–H and O–H groups in total. The van der Waals surface area contributed by atoms with Gasteiger partial charge in [0.15, 0.2) is 0 Å². The second kappa shape index (κ2) is 4.08. The Morgan fingerprint density at radius 2 is 1.62 bits per heavy atom. The Labute approximate surface area is 99.4 Å². The fourth-order valence-corrected chi connectivity index (χ4v) is 4.84. The second-order valence-electron chi connectivity index (χ2n) is 6.30. The molecule has 0 aromatic heterocycles. The first-order valence-corrected chi connectivity index (χ1v) is 6.94. The van der Waals surface area contributed by atoms with Crippen molar-refractivity contribution in [2.45, 2.75) is 57.4 Å². The molecule has 1 nitrogen and oxygen atoms in total. The van der Waals surface area contributed by atoms with E-state index in [0.717, 1.165) is 30.7 Å². The van der Waals surface area contributed by atoms with Gasteiger partial charge in [0.25, 0.3) is 0 Å². The zero-order valence-corrected chi connectivity index (χ0v) is 10.4. The molecule has 4 fully saturated rings. The summed E-state index contributed by atoms with van der Waals surface area (Å²) in [6.45, 7) is 3.04. The van der Waals surface area contributed by atoms with Gasteiger partial charge in [-0.05, 0) is 63.2 Å². The summed E-state index contributed by atoms with van der Waals surface area (Å²) >= 11 is 0.